The maximum Gasteiger partial charge on any atom is 0.186 e. The molecule has 2 aliphatic rings. The largest absolute Gasteiger partial charge is 0.377 e. The van der Waals surface area contributed by atoms with Gasteiger partial charge in [-0.2, -0.15) is 0 Å². The highest BCUT2D eigenvalue weighted by atomic mass is 32.2. The quantitative estimate of drug-likeness (QED) is 0.522. The summed E-state index contributed by atoms with van der Waals surface area (Å²) in [6.45, 7) is 0. The van der Waals surface area contributed by atoms with Crippen molar-refractivity contribution >= 4 is 27.0 Å². The van der Waals surface area contributed by atoms with E-state index in [9.17, 15) is 0 Å². The molecule has 0 amide bonds. The Balaban J connectivity index is 2.49. The van der Waals surface area contributed by atoms with Gasteiger partial charge in [-0.25, -0.2) is 10.0 Å². The van der Waals surface area contributed by atoms with Crippen molar-refractivity contribution in [3.8, 4) is 0 Å². The zero-order chi connectivity index (χ0) is 7.84. The van der Waals surface area contributed by atoms with Crippen LogP contribution in [0.4, 0.5) is 0 Å². The van der Waals surface area contributed by atoms with Crippen LogP contribution in [0.5, 0.6) is 0 Å². The molecule has 2 N–H and O–H groups in total. The van der Waals surface area contributed by atoms with Gasteiger partial charge >= 0.3 is 0 Å². The molecule has 2 heterocycles. The van der Waals surface area contributed by atoms with Gasteiger partial charge in [0.25, 0.3) is 0 Å². The summed E-state index contributed by atoms with van der Waals surface area (Å²) in [4.78, 5) is 4.17. The lowest BCUT2D eigenvalue weighted by Crippen LogP contribution is -2.16. The second-order valence-corrected chi connectivity index (χ2v) is 4.00. The average Bonchev–Trinajstić information content (AvgIpc) is 2.30. The van der Waals surface area contributed by atoms with Crippen LogP contribution in [0.15, 0.2) is 22.4 Å². The predicted octanol–water partition coefficient (Wildman–Crippen LogP) is 0.116. The Bertz CT molecular complexity index is 313. The SMILES string of the molecule is CS1=C2N=CC=CN2N=C1N. The van der Waals surface area contributed by atoms with E-state index in [1.54, 1.807) is 11.2 Å². The van der Waals surface area contributed by atoms with Crippen LogP contribution in [0.2, 0.25) is 0 Å². The highest BCUT2D eigenvalue weighted by molar-refractivity contribution is 8.28. The summed E-state index contributed by atoms with van der Waals surface area (Å²) in [6.07, 6.45) is 7.46. The van der Waals surface area contributed by atoms with E-state index in [1.807, 2.05) is 18.5 Å². The van der Waals surface area contributed by atoms with E-state index < -0.39 is 0 Å². The van der Waals surface area contributed by atoms with Gasteiger partial charge in [0, 0.05) is 12.4 Å². The summed E-state index contributed by atoms with van der Waals surface area (Å²) in [5.41, 5.74) is 5.63. The van der Waals surface area contributed by atoms with Crippen molar-refractivity contribution in [2.45, 2.75) is 0 Å². The van der Waals surface area contributed by atoms with Crippen LogP contribution in [0.3, 0.4) is 0 Å². The first-order valence-electron chi connectivity index (χ1n) is 3.16. The van der Waals surface area contributed by atoms with Crippen LogP contribution >= 0.6 is 10.5 Å². The molecule has 0 spiro atoms. The zero-order valence-corrected chi connectivity index (χ0v) is 6.88. The minimum Gasteiger partial charge on any atom is -0.377 e. The summed E-state index contributed by atoms with van der Waals surface area (Å²) in [5.74, 6) is 0. The minimum absolute atomic E-state index is 0.113. The van der Waals surface area contributed by atoms with Crippen molar-refractivity contribution in [1.82, 2.24) is 5.01 Å². The molecule has 4 nitrogen and oxygen atoms in total. The lowest BCUT2D eigenvalue weighted by Gasteiger charge is -2.10. The molecule has 0 bridgehead atoms. The third-order valence-corrected chi connectivity index (χ3v) is 3.04. The van der Waals surface area contributed by atoms with Gasteiger partial charge in [0.2, 0.25) is 0 Å². The van der Waals surface area contributed by atoms with E-state index in [-0.39, 0.29) is 10.5 Å². The zero-order valence-electron chi connectivity index (χ0n) is 6.06. The highest BCUT2D eigenvalue weighted by Crippen LogP contribution is 2.22. The first-order chi connectivity index (χ1) is 5.29. The topological polar surface area (TPSA) is 54.0 Å². The number of allylic oxidation sites excluding steroid dienone is 1. The second-order valence-electron chi connectivity index (χ2n) is 2.20. The monoisotopic (exact) mass is 168 g/mol. The molecule has 1 atom stereocenters. The molecule has 0 fully saturated rings. The molecule has 0 radical (unpaired) electrons. The third-order valence-electron chi connectivity index (χ3n) is 1.49. The fourth-order valence-electron chi connectivity index (χ4n) is 0.906. The first kappa shape index (κ1) is 6.60. The molecule has 0 saturated carbocycles. The van der Waals surface area contributed by atoms with Crippen molar-refractivity contribution in [2.24, 2.45) is 15.8 Å². The molecule has 58 valence electrons. The smallest absolute Gasteiger partial charge is 0.186 e. The van der Waals surface area contributed by atoms with Crippen molar-refractivity contribution in [1.29, 1.82) is 0 Å². The number of amidine groups is 1. The molecule has 0 aliphatic carbocycles. The van der Waals surface area contributed by atoms with Gasteiger partial charge in [-0.15, -0.1) is 5.10 Å². The standard InChI is InChI=1S/C6H8N4S/c1-11-5(7)9-10-4-2-3-8-6(10)11/h2-4H,1H3,(H2,7,9). The van der Waals surface area contributed by atoms with Gasteiger partial charge in [0.15, 0.2) is 10.3 Å². The Labute approximate surface area is 67.0 Å². The Kier molecular flexibility index (Phi) is 1.32. The maximum atomic E-state index is 5.63. The molecule has 5 heteroatoms. The molecule has 0 aromatic heterocycles. The van der Waals surface area contributed by atoms with Gasteiger partial charge in [-0.1, -0.05) is 10.5 Å². The molecule has 2 aliphatic heterocycles. The third kappa shape index (κ3) is 0.883. The fourth-order valence-corrected chi connectivity index (χ4v) is 1.90. The van der Waals surface area contributed by atoms with Crippen molar-refractivity contribution in [3.63, 3.8) is 0 Å². The van der Waals surface area contributed by atoms with Gasteiger partial charge in [0.05, 0.1) is 0 Å². The summed E-state index contributed by atoms with van der Waals surface area (Å²) in [5, 5.41) is 7.41. The molecule has 2 rings (SSSR count). The van der Waals surface area contributed by atoms with Crippen LogP contribution in [0.25, 0.3) is 0 Å². The lowest BCUT2D eigenvalue weighted by atomic mass is 10.6. The second kappa shape index (κ2) is 2.20. The number of hydrogen-bond donors (Lipinski definition) is 1. The Hall–Kier alpha value is -1.10. The van der Waals surface area contributed by atoms with Crippen LogP contribution < -0.4 is 5.73 Å². The Morgan fingerprint density at radius 3 is 3.18 bits per heavy atom. The van der Waals surface area contributed by atoms with E-state index >= 15 is 0 Å². The Morgan fingerprint density at radius 1 is 1.64 bits per heavy atom. The molecule has 0 saturated heterocycles. The molecule has 11 heavy (non-hydrogen) atoms. The Morgan fingerprint density at radius 2 is 2.45 bits per heavy atom. The van der Waals surface area contributed by atoms with Gasteiger partial charge in [-0.3, -0.25) is 0 Å². The molecule has 0 aromatic carbocycles. The fraction of sp³-hybridized carbons (Fsp3) is 0.167. The number of rotatable bonds is 0. The van der Waals surface area contributed by atoms with Gasteiger partial charge < -0.3 is 5.73 Å². The van der Waals surface area contributed by atoms with Gasteiger partial charge in [0.1, 0.15) is 0 Å². The summed E-state index contributed by atoms with van der Waals surface area (Å²) in [6, 6.07) is 0. The van der Waals surface area contributed by atoms with E-state index in [4.69, 9.17) is 5.73 Å². The minimum atomic E-state index is -0.113. The van der Waals surface area contributed by atoms with Crippen LogP contribution in [0, 0.1) is 0 Å². The normalized spacial score (nSPS) is 27.4. The van der Waals surface area contributed by atoms with E-state index in [2.05, 4.69) is 10.1 Å². The number of aliphatic imine (C=N–C) groups is 1. The van der Waals surface area contributed by atoms with Crippen molar-refractivity contribution in [3.05, 3.63) is 12.3 Å². The van der Waals surface area contributed by atoms with Crippen LogP contribution in [0.1, 0.15) is 0 Å². The molecular formula is C6H8N4S. The lowest BCUT2D eigenvalue weighted by molar-refractivity contribution is 0.610. The number of nitrogens with two attached hydrogens (primary N) is 1. The number of nitrogens with zero attached hydrogens (tertiary/aromatic N) is 3. The summed E-state index contributed by atoms with van der Waals surface area (Å²) >= 11 is 0. The molecular weight excluding hydrogens is 160 g/mol. The summed E-state index contributed by atoms with van der Waals surface area (Å²) < 4.78 is 0. The van der Waals surface area contributed by atoms with E-state index in [0.717, 1.165) is 5.11 Å². The van der Waals surface area contributed by atoms with Crippen LogP contribution in [-0.2, 0) is 0 Å². The average molecular weight is 168 g/mol. The first-order valence-corrected chi connectivity index (χ1v) is 4.79. The number of hydrogen-bond acceptors (Lipinski definition) is 4. The number of hydrazone groups is 1. The highest BCUT2D eigenvalue weighted by Gasteiger charge is 2.18. The molecule has 0 aromatic rings. The van der Waals surface area contributed by atoms with Crippen molar-refractivity contribution < 1.29 is 0 Å². The van der Waals surface area contributed by atoms with Gasteiger partial charge in [-0.05, 0) is 12.3 Å². The summed E-state index contributed by atoms with van der Waals surface area (Å²) in [7, 11) is -0.113. The van der Waals surface area contributed by atoms with E-state index in [1.165, 1.54) is 0 Å². The maximum absolute atomic E-state index is 5.63. The van der Waals surface area contributed by atoms with Crippen LogP contribution in [-0.4, -0.2) is 27.8 Å². The van der Waals surface area contributed by atoms with Crippen molar-refractivity contribution in [2.75, 3.05) is 6.26 Å². The number of fused-ring (bicyclic) bond motifs is 1. The van der Waals surface area contributed by atoms with E-state index in [0.29, 0.717) is 5.17 Å². The predicted molar refractivity (Wildman–Crippen MR) is 49.6 cm³/mol. The molecule has 1 unspecified atom stereocenters.